The Morgan fingerprint density at radius 3 is 2.94 bits per heavy atom. The molecular formula is C13H16FNO. The lowest BCUT2D eigenvalue weighted by atomic mass is 10.0. The van der Waals surface area contributed by atoms with Crippen LogP contribution in [0.15, 0.2) is 30.0 Å². The standard InChI is InChI=1S/C13H16FNO/c1-9-5-4-6-10(12(9)14)13(15)11-7-2-3-8-16-11/h4-7,13H,2-3,8,15H2,1H3. The average Bonchev–Trinajstić information content (AvgIpc) is 2.33. The Labute approximate surface area is 94.9 Å². The van der Waals surface area contributed by atoms with Crippen LogP contribution in [-0.4, -0.2) is 6.61 Å². The number of hydrogen-bond acceptors (Lipinski definition) is 2. The summed E-state index contributed by atoms with van der Waals surface area (Å²) in [4.78, 5) is 0. The highest BCUT2D eigenvalue weighted by Crippen LogP contribution is 2.26. The molecule has 1 atom stereocenters. The predicted molar refractivity (Wildman–Crippen MR) is 61.3 cm³/mol. The van der Waals surface area contributed by atoms with Crippen LogP contribution in [-0.2, 0) is 4.74 Å². The molecule has 0 fully saturated rings. The largest absolute Gasteiger partial charge is 0.496 e. The van der Waals surface area contributed by atoms with E-state index in [0.29, 0.717) is 23.5 Å². The number of rotatable bonds is 2. The Morgan fingerprint density at radius 1 is 1.44 bits per heavy atom. The first-order valence-corrected chi connectivity index (χ1v) is 5.53. The van der Waals surface area contributed by atoms with Gasteiger partial charge in [-0.15, -0.1) is 0 Å². The molecular weight excluding hydrogens is 205 g/mol. The predicted octanol–water partition coefficient (Wildman–Crippen LogP) is 2.83. The quantitative estimate of drug-likeness (QED) is 0.833. The minimum atomic E-state index is -0.486. The van der Waals surface area contributed by atoms with Gasteiger partial charge in [0, 0.05) is 5.56 Å². The Bertz CT molecular complexity index is 414. The second kappa shape index (κ2) is 4.66. The Kier molecular flexibility index (Phi) is 3.25. The molecule has 86 valence electrons. The lowest BCUT2D eigenvalue weighted by Crippen LogP contribution is -2.19. The molecule has 1 aliphatic heterocycles. The van der Waals surface area contributed by atoms with E-state index in [1.165, 1.54) is 0 Å². The van der Waals surface area contributed by atoms with Crippen LogP contribution >= 0.6 is 0 Å². The summed E-state index contributed by atoms with van der Waals surface area (Å²) in [6.45, 7) is 2.41. The van der Waals surface area contributed by atoms with Crippen molar-refractivity contribution >= 4 is 0 Å². The minimum absolute atomic E-state index is 0.231. The van der Waals surface area contributed by atoms with E-state index in [2.05, 4.69) is 0 Å². The van der Waals surface area contributed by atoms with Crippen LogP contribution in [0.4, 0.5) is 4.39 Å². The summed E-state index contributed by atoms with van der Waals surface area (Å²) < 4.78 is 19.3. The van der Waals surface area contributed by atoms with Gasteiger partial charge in [-0.3, -0.25) is 0 Å². The van der Waals surface area contributed by atoms with Crippen LogP contribution in [0.25, 0.3) is 0 Å². The Hall–Kier alpha value is -1.35. The molecule has 1 aromatic carbocycles. The highest BCUT2D eigenvalue weighted by molar-refractivity contribution is 5.31. The van der Waals surface area contributed by atoms with Crippen LogP contribution < -0.4 is 5.73 Å². The monoisotopic (exact) mass is 221 g/mol. The van der Waals surface area contributed by atoms with E-state index < -0.39 is 6.04 Å². The van der Waals surface area contributed by atoms with Crippen molar-refractivity contribution < 1.29 is 9.13 Å². The van der Waals surface area contributed by atoms with E-state index >= 15 is 0 Å². The third kappa shape index (κ3) is 2.09. The summed E-state index contributed by atoms with van der Waals surface area (Å²) in [5, 5.41) is 0. The molecule has 1 aliphatic rings. The van der Waals surface area contributed by atoms with Crippen LogP contribution in [0.1, 0.15) is 30.0 Å². The maximum Gasteiger partial charge on any atom is 0.131 e. The van der Waals surface area contributed by atoms with Crippen molar-refractivity contribution in [3.8, 4) is 0 Å². The van der Waals surface area contributed by atoms with Gasteiger partial charge in [0.2, 0.25) is 0 Å². The first-order valence-electron chi connectivity index (χ1n) is 5.53. The van der Waals surface area contributed by atoms with Gasteiger partial charge in [-0.2, -0.15) is 0 Å². The fourth-order valence-electron chi connectivity index (χ4n) is 1.86. The zero-order chi connectivity index (χ0) is 11.5. The summed E-state index contributed by atoms with van der Waals surface area (Å²) in [5.41, 5.74) is 7.13. The van der Waals surface area contributed by atoms with Gasteiger partial charge in [-0.25, -0.2) is 4.39 Å². The topological polar surface area (TPSA) is 35.2 Å². The third-order valence-corrected chi connectivity index (χ3v) is 2.83. The van der Waals surface area contributed by atoms with E-state index in [4.69, 9.17) is 10.5 Å². The number of nitrogens with two attached hydrogens (primary N) is 1. The van der Waals surface area contributed by atoms with Gasteiger partial charge >= 0.3 is 0 Å². The molecule has 2 rings (SSSR count). The number of halogens is 1. The van der Waals surface area contributed by atoms with Crippen molar-refractivity contribution in [2.24, 2.45) is 5.73 Å². The van der Waals surface area contributed by atoms with Crippen LogP contribution in [0.5, 0.6) is 0 Å². The summed E-state index contributed by atoms with van der Waals surface area (Å²) in [5.74, 6) is 0.459. The zero-order valence-corrected chi connectivity index (χ0v) is 9.37. The minimum Gasteiger partial charge on any atom is -0.496 e. The van der Waals surface area contributed by atoms with Gasteiger partial charge in [-0.05, 0) is 31.4 Å². The van der Waals surface area contributed by atoms with E-state index in [1.807, 2.05) is 12.1 Å². The SMILES string of the molecule is Cc1cccc(C(N)C2=CCCCO2)c1F. The summed E-state index contributed by atoms with van der Waals surface area (Å²) in [6, 6.07) is 4.78. The molecule has 1 aromatic rings. The average molecular weight is 221 g/mol. The number of ether oxygens (including phenoxy) is 1. The molecule has 2 N–H and O–H groups in total. The molecule has 16 heavy (non-hydrogen) atoms. The summed E-state index contributed by atoms with van der Waals surface area (Å²) >= 11 is 0. The maximum atomic E-state index is 13.8. The molecule has 2 nitrogen and oxygen atoms in total. The van der Waals surface area contributed by atoms with Gasteiger partial charge < -0.3 is 10.5 Å². The number of hydrogen-bond donors (Lipinski definition) is 1. The van der Waals surface area contributed by atoms with Crippen LogP contribution in [0.3, 0.4) is 0 Å². The van der Waals surface area contributed by atoms with Gasteiger partial charge in [-0.1, -0.05) is 18.2 Å². The van der Waals surface area contributed by atoms with Crippen molar-refractivity contribution in [3.05, 3.63) is 47.0 Å². The molecule has 1 heterocycles. The van der Waals surface area contributed by atoms with Crippen molar-refractivity contribution in [1.82, 2.24) is 0 Å². The molecule has 0 bridgehead atoms. The second-order valence-corrected chi connectivity index (χ2v) is 4.05. The molecule has 0 saturated carbocycles. The van der Waals surface area contributed by atoms with E-state index in [9.17, 15) is 4.39 Å². The normalized spacial score (nSPS) is 17.6. The molecule has 0 saturated heterocycles. The van der Waals surface area contributed by atoms with Crippen LogP contribution in [0.2, 0.25) is 0 Å². The Balaban J connectivity index is 2.29. The van der Waals surface area contributed by atoms with E-state index in [-0.39, 0.29) is 5.82 Å². The van der Waals surface area contributed by atoms with Crippen molar-refractivity contribution in [2.75, 3.05) is 6.61 Å². The zero-order valence-electron chi connectivity index (χ0n) is 9.37. The Morgan fingerprint density at radius 2 is 2.25 bits per heavy atom. The molecule has 0 aromatic heterocycles. The smallest absolute Gasteiger partial charge is 0.131 e. The maximum absolute atomic E-state index is 13.8. The first kappa shape index (κ1) is 11.1. The highest BCUT2D eigenvalue weighted by Gasteiger charge is 2.19. The highest BCUT2D eigenvalue weighted by atomic mass is 19.1. The van der Waals surface area contributed by atoms with E-state index in [0.717, 1.165) is 12.8 Å². The van der Waals surface area contributed by atoms with Gasteiger partial charge in [0.15, 0.2) is 0 Å². The molecule has 0 spiro atoms. The molecule has 0 radical (unpaired) electrons. The summed E-state index contributed by atoms with van der Waals surface area (Å²) in [7, 11) is 0. The van der Waals surface area contributed by atoms with Gasteiger partial charge in [0.05, 0.1) is 12.6 Å². The molecule has 0 amide bonds. The first-order chi connectivity index (χ1) is 7.70. The van der Waals surface area contributed by atoms with E-state index in [1.54, 1.807) is 19.1 Å². The number of aryl methyl sites for hydroxylation is 1. The second-order valence-electron chi connectivity index (χ2n) is 4.05. The fraction of sp³-hybridized carbons (Fsp3) is 0.385. The molecule has 0 aliphatic carbocycles. The fourth-order valence-corrected chi connectivity index (χ4v) is 1.86. The third-order valence-electron chi connectivity index (χ3n) is 2.83. The molecule has 1 unspecified atom stereocenters. The number of allylic oxidation sites excluding steroid dienone is 1. The van der Waals surface area contributed by atoms with Gasteiger partial charge in [0.1, 0.15) is 11.6 Å². The van der Waals surface area contributed by atoms with Crippen molar-refractivity contribution in [3.63, 3.8) is 0 Å². The number of benzene rings is 1. The van der Waals surface area contributed by atoms with Crippen molar-refractivity contribution in [2.45, 2.75) is 25.8 Å². The molecule has 3 heteroatoms. The van der Waals surface area contributed by atoms with Gasteiger partial charge in [0.25, 0.3) is 0 Å². The van der Waals surface area contributed by atoms with Crippen molar-refractivity contribution in [1.29, 1.82) is 0 Å². The lowest BCUT2D eigenvalue weighted by molar-refractivity contribution is 0.175. The lowest BCUT2D eigenvalue weighted by Gasteiger charge is -2.21. The summed E-state index contributed by atoms with van der Waals surface area (Å²) in [6.07, 6.45) is 3.92. The van der Waals surface area contributed by atoms with Crippen LogP contribution in [0, 0.1) is 12.7 Å².